The smallest absolute Gasteiger partial charge is 0.159 e. The van der Waals surface area contributed by atoms with Crippen molar-refractivity contribution in [1.29, 1.82) is 0 Å². The number of nitrogens with zero attached hydrogens (tertiary/aromatic N) is 4. The number of aromatic nitrogens is 4. The van der Waals surface area contributed by atoms with Gasteiger partial charge in [0.15, 0.2) is 11.6 Å². The zero-order valence-corrected chi connectivity index (χ0v) is 11.6. The lowest BCUT2D eigenvalue weighted by Gasteiger charge is -2.07. The van der Waals surface area contributed by atoms with E-state index in [4.69, 9.17) is 10.5 Å². The maximum Gasteiger partial charge on any atom is 0.159 e. The molecule has 2 heterocycles. The zero-order valence-electron chi connectivity index (χ0n) is 11.6. The van der Waals surface area contributed by atoms with Crippen molar-refractivity contribution >= 4 is 5.82 Å². The molecule has 0 fully saturated rings. The van der Waals surface area contributed by atoms with Crippen molar-refractivity contribution in [3.8, 4) is 5.82 Å². The van der Waals surface area contributed by atoms with Crippen LogP contribution in [-0.2, 0) is 24.2 Å². The molecule has 19 heavy (non-hydrogen) atoms. The molecule has 0 atom stereocenters. The second-order valence-electron chi connectivity index (χ2n) is 4.25. The molecule has 0 bridgehead atoms. The molecule has 102 valence electrons. The van der Waals surface area contributed by atoms with Gasteiger partial charge in [-0.3, -0.25) is 0 Å². The topological polar surface area (TPSA) is 78.9 Å². The summed E-state index contributed by atoms with van der Waals surface area (Å²) in [7, 11) is 1.60. The summed E-state index contributed by atoms with van der Waals surface area (Å²) >= 11 is 0. The highest BCUT2D eigenvalue weighted by Crippen LogP contribution is 2.14. The first-order valence-electron chi connectivity index (χ1n) is 6.38. The Labute approximate surface area is 112 Å². The standard InChI is InChI=1S/C13H19N5O/c1-4-9-6-10(5-2)18(17-9)13-7-11(14)15-12(16-13)8-19-3/h6-7H,4-5,8H2,1-3H3,(H2,14,15,16). The van der Waals surface area contributed by atoms with Gasteiger partial charge < -0.3 is 10.5 Å². The molecule has 0 aromatic carbocycles. The predicted octanol–water partition coefficient (Wildman–Crippen LogP) is 1.52. The van der Waals surface area contributed by atoms with Gasteiger partial charge in [-0.25, -0.2) is 14.6 Å². The Kier molecular flexibility index (Phi) is 4.11. The Balaban J connectivity index is 2.48. The summed E-state index contributed by atoms with van der Waals surface area (Å²) in [4.78, 5) is 8.57. The maximum atomic E-state index is 5.81. The number of hydrogen-bond donors (Lipinski definition) is 1. The highest BCUT2D eigenvalue weighted by atomic mass is 16.5. The lowest BCUT2D eigenvalue weighted by molar-refractivity contribution is 0.178. The molecule has 0 radical (unpaired) electrons. The van der Waals surface area contributed by atoms with E-state index in [1.165, 1.54) is 0 Å². The fourth-order valence-electron chi connectivity index (χ4n) is 1.90. The molecule has 0 spiro atoms. The maximum absolute atomic E-state index is 5.81. The average Bonchev–Trinajstić information content (AvgIpc) is 2.81. The van der Waals surface area contributed by atoms with E-state index in [-0.39, 0.29) is 0 Å². The number of nitrogens with two attached hydrogens (primary N) is 1. The van der Waals surface area contributed by atoms with Gasteiger partial charge >= 0.3 is 0 Å². The van der Waals surface area contributed by atoms with Crippen molar-refractivity contribution in [3.05, 3.63) is 29.3 Å². The number of rotatable bonds is 5. The fraction of sp³-hybridized carbons (Fsp3) is 0.462. The van der Waals surface area contributed by atoms with Crippen LogP contribution in [0.4, 0.5) is 5.82 Å². The molecule has 0 aliphatic carbocycles. The van der Waals surface area contributed by atoms with Crippen molar-refractivity contribution in [2.75, 3.05) is 12.8 Å². The van der Waals surface area contributed by atoms with Gasteiger partial charge in [-0.1, -0.05) is 13.8 Å². The molecule has 0 saturated heterocycles. The monoisotopic (exact) mass is 261 g/mol. The van der Waals surface area contributed by atoms with E-state index in [0.717, 1.165) is 24.2 Å². The number of anilines is 1. The van der Waals surface area contributed by atoms with Crippen LogP contribution in [0.2, 0.25) is 0 Å². The molecular formula is C13H19N5O. The summed E-state index contributed by atoms with van der Waals surface area (Å²) in [5.74, 6) is 1.68. The van der Waals surface area contributed by atoms with Crippen molar-refractivity contribution in [1.82, 2.24) is 19.7 Å². The van der Waals surface area contributed by atoms with Crippen molar-refractivity contribution in [2.45, 2.75) is 33.3 Å². The fourth-order valence-corrected chi connectivity index (χ4v) is 1.90. The van der Waals surface area contributed by atoms with Crippen LogP contribution in [0.5, 0.6) is 0 Å². The van der Waals surface area contributed by atoms with E-state index in [1.54, 1.807) is 13.2 Å². The summed E-state index contributed by atoms with van der Waals surface area (Å²) < 4.78 is 6.88. The zero-order chi connectivity index (χ0) is 13.8. The summed E-state index contributed by atoms with van der Waals surface area (Å²) in [6, 6.07) is 3.82. The number of hydrogen-bond acceptors (Lipinski definition) is 5. The Morgan fingerprint density at radius 3 is 2.63 bits per heavy atom. The van der Waals surface area contributed by atoms with Crippen molar-refractivity contribution in [2.24, 2.45) is 0 Å². The minimum atomic E-state index is 0.335. The minimum Gasteiger partial charge on any atom is -0.384 e. The normalized spacial score (nSPS) is 10.9. The third-order valence-electron chi connectivity index (χ3n) is 2.83. The van der Waals surface area contributed by atoms with Gasteiger partial charge in [0, 0.05) is 18.9 Å². The number of ether oxygens (including phenoxy) is 1. The summed E-state index contributed by atoms with van der Waals surface area (Å²) in [5.41, 5.74) is 7.96. The molecule has 2 N–H and O–H groups in total. The van der Waals surface area contributed by atoms with Gasteiger partial charge in [-0.05, 0) is 18.9 Å². The van der Waals surface area contributed by atoms with Crippen molar-refractivity contribution < 1.29 is 4.74 Å². The Morgan fingerprint density at radius 2 is 2.00 bits per heavy atom. The number of nitrogen functional groups attached to an aromatic ring is 1. The van der Waals surface area contributed by atoms with Gasteiger partial charge in [0.25, 0.3) is 0 Å². The van der Waals surface area contributed by atoms with Gasteiger partial charge in [-0.15, -0.1) is 0 Å². The van der Waals surface area contributed by atoms with E-state index in [9.17, 15) is 0 Å². The summed E-state index contributed by atoms with van der Waals surface area (Å²) in [6.45, 7) is 4.51. The van der Waals surface area contributed by atoms with Crippen LogP contribution in [0, 0.1) is 0 Å². The van der Waals surface area contributed by atoms with Crippen LogP contribution in [0.1, 0.15) is 31.1 Å². The van der Waals surface area contributed by atoms with E-state index in [0.29, 0.717) is 24.1 Å². The number of methoxy groups -OCH3 is 1. The van der Waals surface area contributed by atoms with Crippen LogP contribution in [0.25, 0.3) is 5.82 Å². The predicted molar refractivity (Wildman–Crippen MR) is 73.0 cm³/mol. The molecule has 6 heteroatoms. The van der Waals surface area contributed by atoms with Gasteiger partial charge in [-0.2, -0.15) is 5.10 Å². The van der Waals surface area contributed by atoms with Gasteiger partial charge in [0.1, 0.15) is 12.4 Å². The van der Waals surface area contributed by atoms with E-state index < -0.39 is 0 Å². The highest BCUT2D eigenvalue weighted by Gasteiger charge is 2.11. The second kappa shape index (κ2) is 5.79. The van der Waals surface area contributed by atoms with Crippen molar-refractivity contribution in [3.63, 3.8) is 0 Å². The SMILES string of the molecule is CCc1cc(CC)n(-c2cc(N)nc(COC)n2)n1. The quantitative estimate of drug-likeness (QED) is 0.882. The summed E-state index contributed by atoms with van der Waals surface area (Å²) in [5, 5.41) is 4.54. The Morgan fingerprint density at radius 1 is 1.21 bits per heavy atom. The van der Waals surface area contributed by atoms with Gasteiger partial charge in [0.2, 0.25) is 0 Å². The van der Waals surface area contributed by atoms with E-state index >= 15 is 0 Å². The Bertz CT molecular complexity index is 564. The first-order valence-corrected chi connectivity index (χ1v) is 6.38. The van der Waals surface area contributed by atoms with E-state index in [1.807, 2.05) is 4.68 Å². The Hall–Kier alpha value is -1.95. The first kappa shape index (κ1) is 13.5. The molecule has 0 amide bonds. The molecular weight excluding hydrogens is 242 g/mol. The third-order valence-corrected chi connectivity index (χ3v) is 2.83. The molecule has 2 aromatic heterocycles. The van der Waals surface area contributed by atoms with Crippen LogP contribution in [-0.4, -0.2) is 26.9 Å². The highest BCUT2D eigenvalue weighted by molar-refractivity contribution is 5.38. The minimum absolute atomic E-state index is 0.335. The van der Waals surface area contributed by atoms with Crippen LogP contribution in [0.15, 0.2) is 12.1 Å². The lowest BCUT2D eigenvalue weighted by Crippen LogP contribution is -2.09. The number of aryl methyl sites for hydroxylation is 2. The molecule has 0 aliphatic rings. The molecule has 2 aromatic rings. The molecule has 0 aliphatic heterocycles. The summed E-state index contributed by atoms with van der Waals surface area (Å²) in [6.07, 6.45) is 1.78. The van der Waals surface area contributed by atoms with Crippen LogP contribution >= 0.6 is 0 Å². The van der Waals surface area contributed by atoms with Crippen LogP contribution < -0.4 is 5.73 Å². The largest absolute Gasteiger partial charge is 0.384 e. The van der Waals surface area contributed by atoms with Gasteiger partial charge in [0.05, 0.1) is 5.69 Å². The first-order chi connectivity index (χ1) is 9.17. The molecule has 0 saturated carbocycles. The average molecular weight is 261 g/mol. The van der Waals surface area contributed by atoms with E-state index in [2.05, 4.69) is 35.0 Å². The lowest BCUT2D eigenvalue weighted by atomic mass is 10.2. The molecule has 2 rings (SSSR count). The molecule has 6 nitrogen and oxygen atoms in total. The van der Waals surface area contributed by atoms with Crippen LogP contribution in [0.3, 0.4) is 0 Å². The second-order valence-corrected chi connectivity index (χ2v) is 4.25. The third kappa shape index (κ3) is 2.90. The molecule has 0 unspecified atom stereocenters.